The predicted molar refractivity (Wildman–Crippen MR) is 158 cm³/mol. The van der Waals surface area contributed by atoms with Crippen molar-refractivity contribution in [2.75, 3.05) is 0 Å². The maximum atomic E-state index is 7.34. The number of halogens is 2. The Hall–Kier alpha value is -3.39. The number of fused-ring (bicyclic) bond motifs is 2. The fourth-order valence-electron chi connectivity index (χ4n) is 5.14. The Balaban J connectivity index is 1.64. The molecule has 0 unspecified atom stereocenters. The van der Waals surface area contributed by atoms with Crippen LogP contribution in [0.3, 0.4) is 0 Å². The predicted octanol–water partition coefficient (Wildman–Crippen LogP) is 10.3. The smallest absolute Gasteiger partial charge is 0.0526 e. The summed E-state index contributed by atoms with van der Waals surface area (Å²) in [5, 5.41) is 5.61. The molecule has 0 fully saturated rings. The Morgan fingerprint density at radius 3 is 1.53 bits per heavy atom. The van der Waals surface area contributed by atoms with Crippen LogP contribution < -0.4 is 0 Å². The van der Waals surface area contributed by atoms with Crippen LogP contribution in [-0.2, 0) is 12.8 Å². The molecular formula is C34H24BrCl. The lowest BCUT2D eigenvalue weighted by molar-refractivity contribution is 1.18. The van der Waals surface area contributed by atoms with E-state index in [9.17, 15) is 0 Å². The van der Waals surface area contributed by atoms with Crippen LogP contribution in [0.4, 0.5) is 0 Å². The van der Waals surface area contributed by atoms with Gasteiger partial charge in [-0.15, -0.1) is 0 Å². The van der Waals surface area contributed by atoms with Crippen LogP contribution in [0.5, 0.6) is 0 Å². The molecular weight excluding hydrogens is 524 g/mol. The summed E-state index contributed by atoms with van der Waals surface area (Å²) in [6, 6.07) is 42.9. The van der Waals surface area contributed by atoms with Crippen molar-refractivity contribution in [3.63, 3.8) is 0 Å². The van der Waals surface area contributed by atoms with Gasteiger partial charge >= 0.3 is 0 Å². The molecule has 0 aromatic heterocycles. The molecule has 0 aliphatic carbocycles. The topological polar surface area (TPSA) is 0 Å². The molecule has 2 heteroatoms. The molecule has 0 spiro atoms. The van der Waals surface area contributed by atoms with Crippen molar-refractivity contribution in [2.45, 2.75) is 12.8 Å². The Bertz CT molecular complexity index is 1560. The first-order valence-corrected chi connectivity index (χ1v) is 13.3. The second kappa shape index (κ2) is 9.93. The van der Waals surface area contributed by atoms with Gasteiger partial charge in [-0.05, 0) is 84.7 Å². The SMILES string of the molecule is Clc1c(Cc2ccccc2)cc2ccccc2c1-c1c(Br)c(Cc2ccccc2)cc2ccccc12. The Morgan fingerprint density at radius 2 is 0.944 bits per heavy atom. The van der Waals surface area contributed by atoms with Gasteiger partial charge in [-0.25, -0.2) is 0 Å². The number of rotatable bonds is 5. The number of hydrogen-bond donors (Lipinski definition) is 0. The van der Waals surface area contributed by atoms with E-state index in [0.717, 1.165) is 39.0 Å². The standard InChI is InChI=1S/C34H24BrCl/c35-33-27(19-23-11-3-1-4-12-23)21-25-15-7-9-17-29(25)31(33)32-30-18-10-8-16-26(30)22-28(34(32)36)20-24-13-5-2-6-14-24/h1-18,21-22H,19-20H2. The van der Waals surface area contributed by atoms with Gasteiger partial charge in [0, 0.05) is 15.6 Å². The molecule has 0 heterocycles. The van der Waals surface area contributed by atoms with Gasteiger partial charge in [0.1, 0.15) is 0 Å². The second-order valence-corrected chi connectivity index (χ2v) is 10.4. The highest BCUT2D eigenvalue weighted by atomic mass is 79.9. The molecule has 0 aliphatic rings. The Labute approximate surface area is 225 Å². The summed E-state index contributed by atoms with van der Waals surface area (Å²) < 4.78 is 1.11. The van der Waals surface area contributed by atoms with E-state index in [2.05, 4.69) is 137 Å². The van der Waals surface area contributed by atoms with Crippen LogP contribution in [0.2, 0.25) is 5.02 Å². The molecule has 0 saturated heterocycles. The fraction of sp³-hybridized carbons (Fsp3) is 0.0588. The van der Waals surface area contributed by atoms with Crippen LogP contribution in [0, 0.1) is 0 Å². The minimum atomic E-state index is 0.788. The summed E-state index contributed by atoms with van der Waals surface area (Å²) in [5.41, 5.74) is 7.19. The van der Waals surface area contributed by atoms with Crippen molar-refractivity contribution in [2.24, 2.45) is 0 Å². The largest absolute Gasteiger partial charge is 0.0833 e. The molecule has 0 bridgehead atoms. The van der Waals surface area contributed by atoms with Crippen LogP contribution in [0.15, 0.2) is 126 Å². The normalized spacial score (nSPS) is 11.3. The van der Waals surface area contributed by atoms with E-state index in [1.165, 1.54) is 38.2 Å². The van der Waals surface area contributed by atoms with E-state index in [1.54, 1.807) is 0 Å². The lowest BCUT2D eigenvalue weighted by Gasteiger charge is -2.20. The first kappa shape index (κ1) is 23.0. The average Bonchev–Trinajstić information content (AvgIpc) is 2.92. The van der Waals surface area contributed by atoms with Gasteiger partial charge in [0.15, 0.2) is 0 Å². The zero-order chi connectivity index (χ0) is 24.5. The van der Waals surface area contributed by atoms with E-state index in [0.29, 0.717) is 0 Å². The molecule has 36 heavy (non-hydrogen) atoms. The van der Waals surface area contributed by atoms with Crippen molar-refractivity contribution in [1.29, 1.82) is 0 Å². The molecule has 0 radical (unpaired) electrons. The Kier molecular flexibility index (Phi) is 6.35. The number of hydrogen-bond acceptors (Lipinski definition) is 0. The van der Waals surface area contributed by atoms with Crippen molar-refractivity contribution in [1.82, 2.24) is 0 Å². The zero-order valence-corrected chi connectivity index (χ0v) is 22.1. The minimum absolute atomic E-state index is 0.788. The van der Waals surface area contributed by atoms with E-state index < -0.39 is 0 Å². The summed E-state index contributed by atoms with van der Waals surface area (Å²) in [4.78, 5) is 0. The number of benzene rings is 6. The molecule has 0 atom stereocenters. The quantitative estimate of drug-likeness (QED) is 0.201. The van der Waals surface area contributed by atoms with Crippen molar-refractivity contribution in [3.05, 3.63) is 153 Å². The van der Waals surface area contributed by atoms with Crippen molar-refractivity contribution in [3.8, 4) is 11.1 Å². The lowest BCUT2D eigenvalue weighted by Crippen LogP contribution is -1.97. The van der Waals surface area contributed by atoms with E-state index in [1.807, 2.05) is 0 Å². The van der Waals surface area contributed by atoms with E-state index in [4.69, 9.17) is 11.6 Å². The molecule has 6 aromatic carbocycles. The van der Waals surface area contributed by atoms with E-state index >= 15 is 0 Å². The second-order valence-electron chi connectivity index (χ2n) is 9.22. The zero-order valence-electron chi connectivity index (χ0n) is 19.7. The maximum Gasteiger partial charge on any atom is 0.0526 e. The summed E-state index contributed by atoms with van der Waals surface area (Å²) in [5.74, 6) is 0. The molecule has 0 amide bonds. The monoisotopic (exact) mass is 546 g/mol. The van der Waals surface area contributed by atoms with Gasteiger partial charge in [0.05, 0.1) is 5.02 Å². The molecule has 0 nitrogen and oxygen atoms in total. The average molecular weight is 548 g/mol. The molecule has 0 saturated carbocycles. The van der Waals surface area contributed by atoms with Crippen molar-refractivity contribution >= 4 is 49.1 Å². The van der Waals surface area contributed by atoms with Gasteiger partial charge in [-0.2, -0.15) is 0 Å². The highest BCUT2D eigenvalue weighted by Crippen LogP contribution is 2.46. The summed E-state index contributed by atoms with van der Waals surface area (Å²) in [7, 11) is 0. The molecule has 174 valence electrons. The van der Waals surface area contributed by atoms with E-state index in [-0.39, 0.29) is 0 Å². The highest BCUT2D eigenvalue weighted by molar-refractivity contribution is 9.10. The molecule has 6 aromatic rings. The lowest BCUT2D eigenvalue weighted by atomic mass is 9.88. The van der Waals surface area contributed by atoms with Crippen LogP contribution in [0.1, 0.15) is 22.3 Å². The highest BCUT2D eigenvalue weighted by Gasteiger charge is 2.20. The van der Waals surface area contributed by atoms with Gasteiger partial charge in [0.25, 0.3) is 0 Å². The first-order valence-electron chi connectivity index (χ1n) is 12.2. The van der Waals surface area contributed by atoms with Crippen LogP contribution >= 0.6 is 27.5 Å². The molecule has 0 aliphatic heterocycles. The third-order valence-electron chi connectivity index (χ3n) is 6.85. The van der Waals surface area contributed by atoms with Crippen molar-refractivity contribution < 1.29 is 0 Å². The maximum absolute atomic E-state index is 7.34. The molecule has 6 rings (SSSR count). The molecule has 0 N–H and O–H groups in total. The van der Waals surface area contributed by atoms with Gasteiger partial charge in [-0.3, -0.25) is 0 Å². The third-order valence-corrected chi connectivity index (χ3v) is 8.18. The fourth-order valence-corrected chi connectivity index (χ4v) is 6.12. The van der Waals surface area contributed by atoms with Crippen LogP contribution in [0.25, 0.3) is 32.7 Å². The summed E-state index contributed by atoms with van der Waals surface area (Å²) in [6.07, 6.45) is 1.63. The van der Waals surface area contributed by atoms with Gasteiger partial charge in [-0.1, -0.05) is 121 Å². The van der Waals surface area contributed by atoms with Crippen LogP contribution in [-0.4, -0.2) is 0 Å². The van der Waals surface area contributed by atoms with Gasteiger partial charge in [0.2, 0.25) is 0 Å². The summed E-state index contributed by atoms with van der Waals surface area (Å²) >= 11 is 11.4. The Morgan fingerprint density at radius 1 is 0.500 bits per heavy atom. The third kappa shape index (κ3) is 4.34. The summed E-state index contributed by atoms with van der Waals surface area (Å²) in [6.45, 7) is 0. The first-order chi connectivity index (χ1) is 17.7. The minimum Gasteiger partial charge on any atom is -0.0833 e. The van der Waals surface area contributed by atoms with Gasteiger partial charge < -0.3 is 0 Å².